The molecule has 1 aliphatic heterocycles. The average Bonchev–Trinajstić information content (AvgIpc) is 3.50. The summed E-state index contributed by atoms with van der Waals surface area (Å²) in [4.78, 5) is 28.3. The lowest BCUT2D eigenvalue weighted by Gasteiger charge is -2.17. The molecule has 1 aromatic heterocycles. The molecule has 0 saturated carbocycles. The lowest BCUT2D eigenvalue weighted by atomic mass is 10.2. The van der Waals surface area contributed by atoms with E-state index in [1.807, 2.05) is 0 Å². The van der Waals surface area contributed by atoms with Crippen molar-refractivity contribution in [2.45, 2.75) is 19.4 Å². The number of nitrogens with one attached hydrogen (secondary N) is 3. The van der Waals surface area contributed by atoms with E-state index in [9.17, 15) is 9.18 Å². The highest BCUT2D eigenvalue weighted by atomic mass is 19.1. The highest BCUT2D eigenvalue weighted by Gasteiger charge is 2.18. The van der Waals surface area contributed by atoms with Crippen LogP contribution in [0.15, 0.2) is 48.5 Å². The molecule has 12 heteroatoms. The molecule has 0 radical (unpaired) electrons. The maximum absolute atomic E-state index is 13.2. The van der Waals surface area contributed by atoms with E-state index in [2.05, 4.69) is 35.8 Å². The van der Waals surface area contributed by atoms with Crippen LogP contribution in [0.2, 0.25) is 0 Å². The second-order valence-corrected chi connectivity index (χ2v) is 8.93. The Morgan fingerprint density at radius 3 is 2.31 bits per heavy atom. The fraction of sp³-hybridized carbons (Fsp3) is 0.407. The number of anilines is 4. The summed E-state index contributed by atoms with van der Waals surface area (Å²) in [7, 11) is 0. The van der Waals surface area contributed by atoms with E-state index in [4.69, 9.17) is 15.2 Å². The van der Waals surface area contributed by atoms with Crippen LogP contribution >= 0.6 is 0 Å². The Bertz CT molecular complexity index is 1170. The summed E-state index contributed by atoms with van der Waals surface area (Å²) in [6.45, 7) is 4.93. The van der Waals surface area contributed by atoms with Gasteiger partial charge >= 0.3 is 0 Å². The van der Waals surface area contributed by atoms with Gasteiger partial charge in [0.15, 0.2) is 0 Å². The van der Waals surface area contributed by atoms with Gasteiger partial charge in [0, 0.05) is 44.0 Å². The van der Waals surface area contributed by atoms with Crippen molar-refractivity contribution in [3.63, 3.8) is 0 Å². The molecule has 5 N–H and O–H groups in total. The summed E-state index contributed by atoms with van der Waals surface area (Å²) in [6.07, 6.45) is 2.18. The fourth-order valence-corrected chi connectivity index (χ4v) is 3.92. The van der Waals surface area contributed by atoms with Gasteiger partial charge in [-0.15, -0.1) is 0 Å². The Morgan fingerprint density at radius 2 is 1.59 bits per heavy atom. The first-order chi connectivity index (χ1) is 19.1. The Morgan fingerprint density at radius 1 is 0.897 bits per heavy atom. The molecule has 3 aromatic rings. The first-order valence-corrected chi connectivity index (χ1v) is 13.1. The molecule has 1 aliphatic rings. The summed E-state index contributed by atoms with van der Waals surface area (Å²) in [5, 5.41) is 9.25. The van der Waals surface area contributed by atoms with Crippen LogP contribution in [0.1, 0.15) is 28.8 Å². The van der Waals surface area contributed by atoms with Crippen molar-refractivity contribution in [2.75, 3.05) is 68.1 Å². The van der Waals surface area contributed by atoms with Gasteiger partial charge in [-0.05, 0) is 54.8 Å². The second kappa shape index (κ2) is 14.9. The van der Waals surface area contributed by atoms with E-state index in [1.54, 1.807) is 36.4 Å². The minimum atomic E-state index is -0.278. The van der Waals surface area contributed by atoms with Crippen molar-refractivity contribution >= 4 is 29.4 Å². The molecule has 0 bridgehead atoms. The first-order valence-electron chi connectivity index (χ1n) is 13.1. The summed E-state index contributed by atoms with van der Waals surface area (Å²) in [6, 6.07) is 13.3. The Balaban J connectivity index is 1.33. The van der Waals surface area contributed by atoms with Gasteiger partial charge < -0.3 is 36.1 Å². The molecule has 1 saturated heterocycles. The normalized spacial score (nSPS) is 12.9. The minimum absolute atomic E-state index is 0.187. The molecule has 0 spiro atoms. The molecule has 1 amide bonds. The van der Waals surface area contributed by atoms with Crippen molar-refractivity contribution in [3.05, 3.63) is 65.5 Å². The molecular weight excluding hydrogens is 503 g/mol. The van der Waals surface area contributed by atoms with E-state index in [1.165, 1.54) is 12.1 Å². The van der Waals surface area contributed by atoms with Crippen molar-refractivity contribution in [3.8, 4) is 0 Å². The monoisotopic (exact) mass is 538 g/mol. The maximum atomic E-state index is 13.2. The standard InChI is InChI=1S/C27H35FN8O3/c28-22-7-3-20(4-8-22)19-31-25-33-26(35-27(34-25)36-13-1-2-14-36)32-23-9-5-21(6-10-23)24(37)30-12-16-39-18-17-38-15-11-29/h3-10H,1-2,11-19,29H2,(H,30,37)(H2,31,32,33,34,35). The third-order valence-corrected chi connectivity index (χ3v) is 5.95. The highest BCUT2D eigenvalue weighted by molar-refractivity contribution is 5.94. The van der Waals surface area contributed by atoms with Gasteiger partial charge in [0.2, 0.25) is 17.8 Å². The number of nitrogens with two attached hydrogens (primary N) is 1. The Labute approximate surface area is 227 Å². The van der Waals surface area contributed by atoms with Gasteiger partial charge in [-0.3, -0.25) is 4.79 Å². The summed E-state index contributed by atoms with van der Waals surface area (Å²) in [5.74, 6) is 0.935. The van der Waals surface area contributed by atoms with Gasteiger partial charge in [0.1, 0.15) is 5.82 Å². The number of carbonyl (C=O) groups excluding carboxylic acids is 1. The van der Waals surface area contributed by atoms with Crippen molar-refractivity contribution in [2.24, 2.45) is 5.73 Å². The predicted molar refractivity (Wildman–Crippen MR) is 148 cm³/mol. The van der Waals surface area contributed by atoms with Crippen LogP contribution in [0.5, 0.6) is 0 Å². The van der Waals surface area contributed by atoms with Gasteiger partial charge in [-0.1, -0.05) is 12.1 Å². The second-order valence-electron chi connectivity index (χ2n) is 8.93. The number of nitrogens with zero attached hydrogens (tertiary/aromatic N) is 4. The first kappa shape index (κ1) is 28.1. The number of carbonyl (C=O) groups is 1. The Kier molecular flexibility index (Phi) is 10.8. The number of rotatable bonds is 15. The highest BCUT2D eigenvalue weighted by Crippen LogP contribution is 2.21. The number of halogens is 1. The quantitative estimate of drug-likeness (QED) is 0.214. The van der Waals surface area contributed by atoms with Gasteiger partial charge in [-0.2, -0.15) is 15.0 Å². The molecule has 208 valence electrons. The number of amides is 1. The molecular formula is C27H35FN8O3. The Hall–Kier alpha value is -3.87. The van der Waals surface area contributed by atoms with Crippen LogP contribution in [0.3, 0.4) is 0 Å². The molecule has 0 unspecified atom stereocenters. The summed E-state index contributed by atoms with van der Waals surface area (Å²) >= 11 is 0. The lowest BCUT2D eigenvalue weighted by Crippen LogP contribution is -2.27. The van der Waals surface area contributed by atoms with E-state index >= 15 is 0 Å². The van der Waals surface area contributed by atoms with Crippen LogP contribution in [0.4, 0.5) is 27.9 Å². The maximum Gasteiger partial charge on any atom is 0.251 e. The van der Waals surface area contributed by atoms with Gasteiger partial charge in [-0.25, -0.2) is 4.39 Å². The number of hydrogen-bond donors (Lipinski definition) is 4. The minimum Gasteiger partial charge on any atom is -0.378 e. The van der Waals surface area contributed by atoms with Gasteiger partial charge in [0.05, 0.1) is 26.4 Å². The van der Waals surface area contributed by atoms with E-state index in [0.717, 1.165) is 37.2 Å². The zero-order valence-electron chi connectivity index (χ0n) is 21.9. The average molecular weight is 539 g/mol. The van der Waals surface area contributed by atoms with Crippen LogP contribution < -0.4 is 26.6 Å². The van der Waals surface area contributed by atoms with Crippen molar-refractivity contribution in [1.82, 2.24) is 20.3 Å². The van der Waals surface area contributed by atoms with E-state index < -0.39 is 0 Å². The number of hydrogen-bond acceptors (Lipinski definition) is 10. The summed E-state index contributed by atoms with van der Waals surface area (Å²) in [5.41, 5.74) is 7.53. The van der Waals surface area contributed by atoms with Crippen LogP contribution in [0.25, 0.3) is 0 Å². The van der Waals surface area contributed by atoms with Crippen molar-refractivity contribution in [1.29, 1.82) is 0 Å². The molecule has 2 aromatic carbocycles. The van der Waals surface area contributed by atoms with Gasteiger partial charge in [0.25, 0.3) is 5.91 Å². The zero-order valence-corrected chi connectivity index (χ0v) is 21.9. The summed E-state index contributed by atoms with van der Waals surface area (Å²) < 4.78 is 23.9. The number of benzene rings is 2. The molecule has 4 rings (SSSR count). The van der Waals surface area contributed by atoms with E-state index in [-0.39, 0.29) is 11.7 Å². The molecule has 1 fully saturated rings. The van der Waals surface area contributed by atoms with Crippen LogP contribution in [-0.2, 0) is 16.0 Å². The molecule has 0 atom stereocenters. The molecule has 39 heavy (non-hydrogen) atoms. The van der Waals surface area contributed by atoms with Crippen LogP contribution in [-0.4, -0.2) is 73.5 Å². The smallest absolute Gasteiger partial charge is 0.251 e. The third-order valence-electron chi connectivity index (χ3n) is 5.95. The largest absolute Gasteiger partial charge is 0.378 e. The van der Waals surface area contributed by atoms with Crippen molar-refractivity contribution < 1.29 is 18.7 Å². The fourth-order valence-electron chi connectivity index (χ4n) is 3.92. The topological polar surface area (TPSA) is 140 Å². The molecule has 2 heterocycles. The van der Waals surface area contributed by atoms with E-state index in [0.29, 0.717) is 69.5 Å². The predicted octanol–water partition coefficient (Wildman–Crippen LogP) is 2.69. The molecule has 0 aliphatic carbocycles. The molecule has 11 nitrogen and oxygen atoms in total. The number of aromatic nitrogens is 3. The number of ether oxygens (including phenoxy) is 2. The third kappa shape index (κ3) is 9.13. The SMILES string of the molecule is NCCOCCOCCNC(=O)c1ccc(Nc2nc(NCc3ccc(F)cc3)nc(N3CCCC3)n2)cc1. The van der Waals surface area contributed by atoms with Crippen LogP contribution in [0, 0.1) is 5.82 Å². The lowest BCUT2D eigenvalue weighted by molar-refractivity contribution is 0.0511. The zero-order chi connectivity index (χ0) is 27.3.